The number of urea groups is 1. The normalized spacial score (nSPS) is 14.2. The number of nitrogens with zero attached hydrogens (tertiary/aromatic N) is 1. The van der Waals surface area contributed by atoms with Crippen LogP contribution in [0.15, 0.2) is 66.4 Å². The summed E-state index contributed by atoms with van der Waals surface area (Å²) in [6.07, 6.45) is 1.53. The number of methoxy groups -OCH3 is 1. The summed E-state index contributed by atoms with van der Waals surface area (Å²) >= 11 is 6.45. The maximum Gasteiger partial charge on any atom is 0.335 e. The Balaban J connectivity index is 1.51. The predicted octanol–water partition coefficient (Wildman–Crippen LogP) is 5.03. The van der Waals surface area contributed by atoms with Crippen molar-refractivity contribution in [1.29, 1.82) is 0 Å². The van der Waals surface area contributed by atoms with E-state index in [4.69, 9.17) is 26.2 Å². The van der Waals surface area contributed by atoms with Crippen LogP contribution in [0.3, 0.4) is 0 Å². The number of amides is 3. The van der Waals surface area contributed by atoms with E-state index in [2.05, 4.69) is 5.32 Å². The van der Waals surface area contributed by atoms with Crippen LogP contribution in [-0.2, 0) is 17.9 Å². The number of hydrogen-bond donors (Lipinski definition) is 2. The minimum absolute atomic E-state index is 0.123. The Labute approximate surface area is 212 Å². The second kappa shape index (κ2) is 10.5. The molecule has 0 saturated carbocycles. The quantitative estimate of drug-likeness (QED) is 0.328. The lowest BCUT2D eigenvalue weighted by molar-refractivity contribution is -0.123. The van der Waals surface area contributed by atoms with Gasteiger partial charge in [0, 0.05) is 0 Å². The average Bonchev–Trinajstić information content (AvgIpc) is 3.10. The Morgan fingerprint density at radius 2 is 1.83 bits per heavy atom. The topological polar surface area (TPSA) is 105 Å². The summed E-state index contributed by atoms with van der Waals surface area (Å²) in [5.41, 5.74) is 3.48. The molecule has 3 aromatic rings. The van der Waals surface area contributed by atoms with E-state index >= 15 is 0 Å². The first-order chi connectivity index (χ1) is 17.2. The number of nitrogens with one attached hydrogen (secondary N) is 1. The van der Waals surface area contributed by atoms with Gasteiger partial charge in [-0.1, -0.05) is 53.6 Å². The van der Waals surface area contributed by atoms with Gasteiger partial charge in [-0.2, -0.15) is 0 Å². The molecule has 0 bridgehead atoms. The van der Waals surface area contributed by atoms with Gasteiger partial charge >= 0.3 is 12.0 Å². The van der Waals surface area contributed by atoms with Gasteiger partial charge in [0.05, 0.1) is 24.2 Å². The predicted molar refractivity (Wildman–Crippen MR) is 134 cm³/mol. The van der Waals surface area contributed by atoms with Crippen molar-refractivity contribution >= 4 is 35.6 Å². The lowest BCUT2D eigenvalue weighted by Crippen LogP contribution is -2.30. The van der Waals surface area contributed by atoms with Crippen molar-refractivity contribution in [1.82, 2.24) is 10.2 Å². The maximum absolute atomic E-state index is 12.9. The minimum Gasteiger partial charge on any atom is -0.493 e. The zero-order valence-corrected chi connectivity index (χ0v) is 20.3. The summed E-state index contributed by atoms with van der Waals surface area (Å²) in [5.74, 6) is -0.815. The van der Waals surface area contributed by atoms with Gasteiger partial charge in [-0.15, -0.1) is 0 Å². The molecule has 1 aliphatic heterocycles. The molecule has 8 nitrogen and oxygen atoms in total. The van der Waals surface area contributed by atoms with Crippen LogP contribution in [0.5, 0.6) is 11.5 Å². The highest BCUT2D eigenvalue weighted by atomic mass is 35.5. The fraction of sp³-hybridized carbons (Fsp3) is 0.148. The Morgan fingerprint density at radius 1 is 1.08 bits per heavy atom. The first-order valence-corrected chi connectivity index (χ1v) is 11.4. The zero-order valence-electron chi connectivity index (χ0n) is 19.6. The summed E-state index contributed by atoms with van der Waals surface area (Å²) in [4.78, 5) is 37.5. The molecular weight excluding hydrogens is 484 g/mol. The third kappa shape index (κ3) is 5.50. The molecular formula is C27H23ClN2O6. The average molecular weight is 507 g/mol. The minimum atomic E-state index is -1.01. The molecule has 1 aliphatic rings. The molecule has 2 N–H and O–H groups in total. The second-order valence-electron chi connectivity index (χ2n) is 8.19. The van der Waals surface area contributed by atoms with E-state index in [-0.39, 0.29) is 29.4 Å². The monoisotopic (exact) mass is 506 g/mol. The summed E-state index contributed by atoms with van der Waals surface area (Å²) in [6.45, 7) is 2.24. The third-order valence-electron chi connectivity index (χ3n) is 5.53. The molecule has 0 atom stereocenters. The number of aryl methyl sites for hydroxylation is 1. The smallest absolute Gasteiger partial charge is 0.335 e. The number of carbonyl (C=O) groups excluding carboxylic acids is 2. The fourth-order valence-corrected chi connectivity index (χ4v) is 4.01. The van der Waals surface area contributed by atoms with Crippen molar-refractivity contribution in [3.05, 3.63) is 99.2 Å². The number of rotatable bonds is 8. The summed E-state index contributed by atoms with van der Waals surface area (Å²) in [7, 11) is 1.46. The van der Waals surface area contributed by atoms with Crippen molar-refractivity contribution < 1.29 is 29.0 Å². The van der Waals surface area contributed by atoms with Crippen LogP contribution in [0, 0.1) is 6.92 Å². The highest BCUT2D eigenvalue weighted by molar-refractivity contribution is 6.32. The lowest BCUT2D eigenvalue weighted by Gasteiger charge is -2.14. The number of carboxylic acids is 1. The van der Waals surface area contributed by atoms with Gasteiger partial charge in [0.2, 0.25) is 0 Å². The molecule has 0 unspecified atom stereocenters. The highest BCUT2D eigenvalue weighted by Crippen LogP contribution is 2.37. The van der Waals surface area contributed by atoms with Gasteiger partial charge in [0.1, 0.15) is 12.3 Å². The van der Waals surface area contributed by atoms with Gasteiger partial charge in [0.25, 0.3) is 5.91 Å². The molecule has 3 amide bonds. The molecule has 0 radical (unpaired) electrons. The Morgan fingerprint density at radius 3 is 2.50 bits per heavy atom. The highest BCUT2D eigenvalue weighted by Gasteiger charge is 2.33. The molecule has 36 heavy (non-hydrogen) atoms. The van der Waals surface area contributed by atoms with Crippen LogP contribution >= 0.6 is 11.6 Å². The second-order valence-corrected chi connectivity index (χ2v) is 8.60. The fourth-order valence-electron chi connectivity index (χ4n) is 3.74. The van der Waals surface area contributed by atoms with E-state index < -0.39 is 17.9 Å². The number of hydrogen-bond acceptors (Lipinski definition) is 5. The van der Waals surface area contributed by atoms with E-state index in [0.29, 0.717) is 17.1 Å². The molecule has 4 rings (SSSR count). The number of ether oxygens (including phenoxy) is 2. The Bertz CT molecular complexity index is 1370. The number of aromatic carboxylic acids is 1. The molecule has 1 heterocycles. The van der Waals surface area contributed by atoms with Gasteiger partial charge in [0.15, 0.2) is 11.5 Å². The number of benzene rings is 3. The van der Waals surface area contributed by atoms with Gasteiger partial charge in [-0.3, -0.25) is 9.69 Å². The first-order valence-electron chi connectivity index (χ1n) is 11.0. The molecule has 0 aromatic heterocycles. The number of carbonyl (C=O) groups is 3. The van der Waals surface area contributed by atoms with Crippen molar-refractivity contribution in [2.24, 2.45) is 0 Å². The van der Waals surface area contributed by atoms with Gasteiger partial charge in [-0.25, -0.2) is 9.59 Å². The van der Waals surface area contributed by atoms with E-state index in [0.717, 1.165) is 21.6 Å². The van der Waals surface area contributed by atoms with Crippen LogP contribution < -0.4 is 14.8 Å². The zero-order chi connectivity index (χ0) is 25.8. The standard InChI is InChI=1S/C27H23ClN2O6/c1-16-4-3-5-18(10-16)14-30-25(31)22(29-27(30)34)12-19-11-21(28)24(23(13-19)35-2)36-15-17-6-8-20(9-7-17)26(32)33/h3-13H,14-15H2,1-2H3,(H,29,34)(H,32,33)/b22-12+. The molecule has 1 saturated heterocycles. The van der Waals surface area contributed by atoms with E-state index in [9.17, 15) is 14.4 Å². The number of halogens is 1. The summed E-state index contributed by atoms with van der Waals surface area (Å²) in [6, 6.07) is 16.6. The first kappa shape index (κ1) is 24.8. The number of carboxylic acid groups (broad SMARTS) is 1. The largest absolute Gasteiger partial charge is 0.493 e. The maximum atomic E-state index is 12.9. The van der Waals surface area contributed by atoms with Crippen LogP contribution in [0.4, 0.5) is 4.79 Å². The van der Waals surface area contributed by atoms with Crippen molar-refractivity contribution in [2.75, 3.05) is 7.11 Å². The SMILES string of the molecule is COc1cc(/C=C2/NC(=O)N(Cc3cccc(C)c3)C2=O)cc(Cl)c1OCc1ccc(C(=O)O)cc1. The Kier molecular flexibility index (Phi) is 7.26. The van der Waals surface area contributed by atoms with Crippen LogP contribution in [-0.4, -0.2) is 35.0 Å². The van der Waals surface area contributed by atoms with Crippen LogP contribution in [0.2, 0.25) is 5.02 Å². The molecule has 9 heteroatoms. The molecule has 1 fully saturated rings. The van der Waals surface area contributed by atoms with Gasteiger partial charge in [-0.05, 0) is 54.0 Å². The van der Waals surface area contributed by atoms with E-state index in [1.165, 1.54) is 25.3 Å². The summed E-state index contributed by atoms with van der Waals surface area (Å²) < 4.78 is 11.3. The van der Waals surface area contributed by atoms with Crippen molar-refractivity contribution in [2.45, 2.75) is 20.1 Å². The summed E-state index contributed by atoms with van der Waals surface area (Å²) in [5, 5.41) is 11.9. The van der Waals surface area contributed by atoms with Crippen LogP contribution in [0.25, 0.3) is 6.08 Å². The van der Waals surface area contributed by atoms with Gasteiger partial charge < -0.3 is 19.9 Å². The van der Waals surface area contributed by atoms with Crippen molar-refractivity contribution in [3.63, 3.8) is 0 Å². The molecule has 0 aliphatic carbocycles. The van der Waals surface area contributed by atoms with E-state index in [1.54, 1.807) is 24.3 Å². The number of imide groups is 1. The third-order valence-corrected chi connectivity index (χ3v) is 5.81. The van der Waals surface area contributed by atoms with Crippen molar-refractivity contribution in [3.8, 4) is 11.5 Å². The Hall–Kier alpha value is -4.30. The lowest BCUT2D eigenvalue weighted by atomic mass is 10.1. The van der Waals surface area contributed by atoms with E-state index in [1.807, 2.05) is 31.2 Å². The molecule has 0 spiro atoms. The molecule has 184 valence electrons. The molecule has 3 aromatic carbocycles. The van der Waals surface area contributed by atoms with Crippen LogP contribution in [0.1, 0.15) is 32.6 Å².